The molecule has 0 saturated carbocycles. The highest BCUT2D eigenvalue weighted by molar-refractivity contribution is 5.90. The Bertz CT molecular complexity index is 766. The predicted molar refractivity (Wildman–Crippen MR) is 100 cm³/mol. The first kappa shape index (κ1) is 17.8. The maximum Gasteiger partial charge on any atom is 0.231 e. The molecule has 2 aromatic rings. The molecule has 0 aliphatic heterocycles. The molecule has 0 aliphatic carbocycles. The van der Waals surface area contributed by atoms with Gasteiger partial charge in [0.25, 0.3) is 0 Å². The molecule has 25 heavy (non-hydrogen) atoms. The molecular formula is C15H22N10. The lowest BCUT2D eigenvalue weighted by atomic mass is 10.1. The second-order valence-corrected chi connectivity index (χ2v) is 5.14. The molecule has 0 bridgehead atoms. The number of guanidine groups is 2. The zero-order chi connectivity index (χ0) is 18.2. The van der Waals surface area contributed by atoms with E-state index in [9.17, 15) is 0 Å². The number of hydrogen-bond acceptors (Lipinski definition) is 6. The summed E-state index contributed by atoms with van der Waals surface area (Å²) < 4.78 is 0. The molecule has 1 aromatic carbocycles. The van der Waals surface area contributed by atoms with Crippen LogP contribution in [0.25, 0.3) is 0 Å². The third kappa shape index (κ3) is 5.53. The van der Waals surface area contributed by atoms with Crippen molar-refractivity contribution in [1.29, 1.82) is 0 Å². The van der Waals surface area contributed by atoms with Crippen LogP contribution in [-0.2, 0) is 0 Å². The zero-order valence-electron chi connectivity index (χ0n) is 14.1. The Kier molecular flexibility index (Phi) is 5.93. The third-order valence-corrected chi connectivity index (χ3v) is 3.18. The van der Waals surface area contributed by atoms with Gasteiger partial charge >= 0.3 is 0 Å². The van der Waals surface area contributed by atoms with E-state index in [4.69, 9.17) is 17.2 Å². The number of nitrogens with two attached hydrogens (primary N) is 3. The third-order valence-electron chi connectivity index (χ3n) is 3.18. The molecule has 132 valence electrons. The van der Waals surface area contributed by atoms with Gasteiger partial charge in [-0.05, 0) is 30.7 Å². The van der Waals surface area contributed by atoms with Gasteiger partial charge in [0, 0.05) is 18.9 Å². The molecule has 1 atom stereocenters. The van der Waals surface area contributed by atoms with Crippen LogP contribution in [0.2, 0.25) is 0 Å². The largest absolute Gasteiger partial charge is 0.370 e. The lowest BCUT2D eigenvalue weighted by Crippen LogP contribution is -2.27. The lowest BCUT2D eigenvalue weighted by molar-refractivity contribution is 0.604. The molecule has 10 heteroatoms. The number of aromatic nitrogens is 2. The van der Waals surface area contributed by atoms with Crippen LogP contribution in [0.4, 0.5) is 17.5 Å². The summed E-state index contributed by atoms with van der Waals surface area (Å²) in [5.74, 6) is 1.19. The van der Waals surface area contributed by atoms with Crippen LogP contribution in [-0.4, -0.2) is 28.9 Å². The molecule has 0 saturated heterocycles. The average Bonchev–Trinajstić information content (AvgIpc) is 2.60. The fourth-order valence-electron chi connectivity index (χ4n) is 1.94. The fourth-order valence-corrected chi connectivity index (χ4v) is 1.94. The van der Waals surface area contributed by atoms with Crippen LogP contribution in [0.5, 0.6) is 0 Å². The van der Waals surface area contributed by atoms with Crippen molar-refractivity contribution in [3.05, 3.63) is 42.1 Å². The van der Waals surface area contributed by atoms with Gasteiger partial charge in [-0.25, -0.2) is 4.98 Å². The Labute approximate surface area is 145 Å². The van der Waals surface area contributed by atoms with E-state index in [1.54, 1.807) is 19.3 Å². The highest BCUT2D eigenvalue weighted by Gasteiger charge is 2.06. The van der Waals surface area contributed by atoms with Gasteiger partial charge in [0.05, 0.1) is 6.04 Å². The van der Waals surface area contributed by atoms with E-state index in [-0.39, 0.29) is 18.0 Å². The van der Waals surface area contributed by atoms with Crippen molar-refractivity contribution >= 4 is 29.4 Å². The highest BCUT2D eigenvalue weighted by atomic mass is 15.3. The molecule has 0 fully saturated rings. The molecule has 0 spiro atoms. The van der Waals surface area contributed by atoms with Crippen LogP contribution in [0.15, 0.2) is 46.6 Å². The summed E-state index contributed by atoms with van der Waals surface area (Å²) in [6, 6.07) is 9.47. The number of rotatable bonds is 6. The van der Waals surface area contributed by atoms with Crippen LogP contribution in [0, 0.1) is 0 Å². The van der Waals surface area contributed by atoms with Gasteiger partial charge in [0.1, 0.15) is 5.82 Å². The van der Waals surface area contributed by atoms with Crippen molar-refractivity contribution in [3.63, 3.8) is 0 Å². The first-order valence-corrected chi connectivity index (χ1v) is 7.51. The average molecular weight is 342 g/mol. The molecule has 1 heterocycles. The van der Waals surface area contributed by atoms with Gasteiger partial charge in [0.2, 0.25) is 11.9 Å². The zero-order valence-corrected chi connectivity index (χ0v) is 14.1. The second kappa shape index (κ2) is 8.34. The Morgan fingerprint density at radius 1 is 1.20 bits per heavy atom. The van der Waals surface area contributed by atoms with E-state index in [2.05, 4.69) is 36.1 Å². The molecule has 2 rings (SSSR count). The first-order valence-electron chi connectivity index (χ1n) is 7.51. The topological polar surface area (TPSA) is 165 Å². The van der Waals surface area contributed by atoms with E-state index in [1.165, 1.54) is 0 Å². The number of nitrogens with one attached hydrogen (secondary N) is 3. The number of nitrogens with zero attached hydrogens (tertiary/aromatic N) is 4. The minimum absolute atomic E-state index is 0.0166. The fraction of sp³-hybridized carbons (Fsp3) is 0.200. The van der Waals surface area contributed by atoms with Crippen molar-refractivity contribution in [2.75, 3.05) is 17.7 Å². The summed E-state index contributed by atoms with van der Waals surface area (Å²) in [6.45, 7) is 1.95. The Morgan fingerprint density at radius 2 is 2.00 bits per heavy atom. The van der Waals surface area contributed by atoms with Crippen molar-refractivity contribution in [1.82, 2.24) is 15.4 Å². The molecule has 0 aliphatic rings. The van der Waals surface area contributed by atoms with E-state index in [0.717, 1.165) is 11.3 Å². The summed E-state index contributed by atoms with van der Waals surface area (Å²) >= 11 is 0. The molecule has 0 radical (unpaired) electrons. The number of hydrogen-bond donors (Lipinski definition) is 6. The molecule has 9 N–H and O–H groups in total. The number of hydrazone groups is 1. The van der Waals surface area contributed by atoms with Gasteiger partial charge in [0.15, 0.2) is 5.96 Å². The van der Waals surface area contributed by atoms with Crippen molar-refractivity contribution in [2.24, 2.45) is 27.3 Å². The number of benzene rings is 1. The predicted octanol–water partition coefficient (Wildman–Crippen LogP) is 0.416. The minimum atomic E-state index is -0.0629. The van der Waals surface area contributed by atoms with Crippen LogP contribution in [0.3, 0.4) is 0 Å². The lowest BCUT2D eigenvalue weighted by Gasteiger charge is -2.14. The summed E-state index contributed by atoms with van der Waals surface area (Å²) in [4.78, 5) is 12.2. The quantitative estimate of drug-likeness (QED) is 0.249. The van der Waals surface area contributed by atoms with E-state index in [1.807, 2.05) is 31.2 Å². The second-order valence-electron chi connectivity index (χ2n) is 5.14. The van der Waals surface area contributed by atoms with Crippen LogP contribution < -0.4 is 33.3 Å². The summed E-state index contributed by atoms with van der Waals surface area (Å²) in [5, 5.41) is 9.81. The van der Waals surface area contributed by atoms with Crippen LogP contribution >= 0.6 is 0 Å². The van der Waals surface area contributed by atoms with E-state index >= 15 is 0 Å². The molecular weight excluding hydrogens is 320 g/mol. The van der Waals surface area contributed by atoms with Crippen molar-refractivity contribution in [3.8, 4) is 0 Å². The standard InChI is InChI=1S/C15H22N10/c1-9(24-25-13(16)17)10-4-3-5-11(8-10)21-12-6-7-20-15(22-12)23-14(18)19-2/h3-9,24H,1-2H3,(H4,16,17,25)(H4,18,19,20,21,22,23). The van der Waals surface area contributed by atoms with Gasteiger partial charge in [-0.2, -0.15) is 4.98 Å². The van der Waals surface area contributed by atoms with E-state index in [0.29, 0.717) is 11.8 Å². The SMILES string of the molecule is CN=C(N)Nc1nccc(Nc2cccc(C(C)NN=C(N)N)c2)n1. The normalized spacial score (nSPS) is 12.2. The maximum absolute atomic E-state index is 5.61. The Balaban J connectivity index is 2.11. The van der Waals surface area contributed by atoms with Gasteiger partial charge in [-0.15, -0.1) is 5.10 Å². The van der Waals surface area contributed by atoms with Crippen LogP contribution in [0.1, 0.15) is 18.5 Å². The smallest absolute Gasteiger partial charge is 0.231 e. The van der Waals surface area contributed by atoms with Gasteiger partial charge < -0.3 is 22.5 Å². The minimum Gasteiger partial charge on any atom is -0.370 e. The summed E-state index contributed by atoms with van der Waals surface area (Å²) in [7, 11) is 1.58. The monoisotopic (exact) mass is 342 g/mol. The molecule has 0 amide bonds. The van der Waals surface area contributed by atoms with Gasteiger partial charge in [-0.3, -0.25) is 15.7 Å². The summed E-state index contributed by atoms with van der Waals surface area (Å²) in [5.41, 5.74) is 21.0. The number of aliphatic imine (C=N–C) groups is 1. The van der Waals surface area contributed by atoms with E-state index < -0.39 is 0 Å². The van der Waals surface area contributed by atoms with Crippen molar-refractivity contribution < 1.29 is 0 Å². The van der Waals surface area contributed by atoms with Gasteiger partial charge in [-0.1, -0.05) is 12.1 Å². The molecule has 1 unspecified atom stereocenters. The van der Waals surface area contributed by atoms with Crippen molar-refractivity contribution in [2.45, 2.75) is 13.0 Å². The molecule has 1 aromatic heterocycles. The summed E-state index contributed by atoms with van der Waals surface area (Å²) in [6.07, 6.45) is 1.62. The highest BCUT2D eigenvalue weighted by Crippen LogP contribution is 2.20. The number of anilines is 3. The maximum atomic E-state index is 5.61. The Hall–Kier alpha value is -3.56. The first-order chi connectivity index (χ1) is 12.0. The Morgan fingerprint density at radius 3 is 2.72 bits per heavy atom. The molecule has 10 nitrogen and oxygen atoms in total.